The number of likely N-dealkylation sites (N-methyl/N-ethyl adjacent to an activating group) is 1. The highest BCUT2D eigenvalue weighted by atomic mass is 15.1. The number of pyridine rings is 1. The first-order chi connectivity index (χ1) is 12.8. The van der Waals surface area contributed by atoms with Crippen LogP contribution >= 0.6 is 0 Å². The first kappa shape index (κ1) is 18.0. The van der Waals surface area contributed by atoms with Crippen molar-refractivity contribution in [2.45, 2.75) is 46.1 Å². The van der Waals surface area contributed by atoms with Crippen LogP contribution < -0.4 is 0 Å². The van der Waals surface area contributed by atoms with Gasteiger partial charge in [0.25, 0.3) is 0 Å². The van der Waals surface area contributed by atoms with Gasteiger partial charge in [-0.1, -0.05) is 26.8 Å². The fourth-order valence-electron chi connectivity index (χ4n) is 4.02. The molecule has 0 atom stereocenters. The molecule has 3 aromatic rings. The molecular formula is C24H29N3. The van der Waals surface area contributed by atoms with Crippen LogP contribution in [0.2, 0.25) is 0 Å². The van der Waals surface area contributed by atoms with E-state index in [2.05, 4.69) is 85.7 Å². The minimum absolute atomic E-state index is 0.159. The maximum atomic E-state index is 4.15. The van der Waals surface area contributed by atoms with Crippen molar-refractivity contribution in [3.05, 3.63) is 65.1 Å². The lowest BCUT2D eigenvalue weighted by Crippen LogP contribution is -2.26. The van der Waals surface area contributed by atoms with Crippen molar-refractivity contribution >= 4 is 22.7 Å². The highest BCUT2D eigenvalue weighted by molar-refractivity contribution is 5.90. The highest BCUT2D eigenvalue weighted by Crippen LogP contribution is 2.35. The fourth-order valence-corrected chi connectivity index (χ4v) is 4.02. The van der Waals surface area contributed by atoms with Crippen LogP contribution in [0.1, 0.15) is 50.1 Å². The zero-order valence-corrected chi connectivity index (χ0v) is 17.1. The third kappa shape index (κ3) is 3.32. The van der Waals surface area contributed by atoms with Crippen LogP contribution in [0.4, 0.5) is 0 Å². The standard InChI is InChI=1S/C24H29N3/c1-17(18-8-11-25-12-9-18)15-27-22-7-6-19(24(2,3)4)14-20(22)21-16-26(5)13-10-23(21)27/h6-9,11-12,14-15H,10,13,16H2,1-5H3/b17-15+. The highest BCUT2D eigenvalue weighted by Gasteiger charge is 2.23. The van der Waals surface area contributed by atoms with Gasteiger partial charge in [0, 0.05) is 49.2 Å². The first-order valence-electron chi connectivity index (χ1n) is 9.78. The molecule has 0 N–H and O–H groups in total. The third-order valence-corrected chi connectivity index (χ3v) is 5.70. The zero-order chi connectivity index (χ0) is 19.2. The van der Waals surface area contributed by atoms with Crippen LogP contribution in [-0.2, 0) is 18.4 Å². The second-order valence-corrected chi connectivity index (χ2v) is 8.81. The molecule has 1 aliphatic heterocycles. The second-order valence-electron chi connectivity index (χ2n) is 8.81. The van der Waals surface area contributed by atoms with Gasteiger partial charge in [0.05, 0.1) is 5.52 Å². The van der Waals surface area contributed by atoms with Crippen LogP contribution in [0.5, 0.6) is 0 Å². The maximum Gasteiger partial charge on any atom is 0.0529 e. The number of rotatable bonds is 2. The fraction of sp³-hybridized carbons (Fsp3) is 0.375. The molecule has 0 bridgehead atoms. The van der Waals surface area contributed by atoms with Crippen LogP contribution in [0.25, 0.3) is 22.7 Å². The summed E-state index contributed by atoms with van der Waals surface area (Å²) >= 11 is 0. The summed E-state index contributed by atoms with van der Waals surface area (Å²) in [5.74, 6) is 0. The van der Waals surface area contributed by atoms with Gasteiger partial charge < -0.3 is 9.47 Å². The molecule has 27 heavy (non-hydrogen) atoms. The summed E-state index contributed by atoms with van der Waals surface area (Å²) in [6, 6.07) is 11.2. The summed E-state index contributed by atoms with van der Waals surface area (Å²) in [6.45, 7) is 11.2. The van der Waals surface area contributed by atoms with Gasteiger partial charge in [-0.25, -0.2) is 0 Å². The van der Waals surface area contributed by atoms with Crippen LogP contribution in [-0.4, -0.2) is 28.0 Å². The largest absolute Gasteiger partial charge is 0.320 e. The molecule has 3 nitrogen and oxygen atoms in total. The normalized spacial score (nSPS) is 16.0. The first-order valence-corrected chi connectivity index (χ1v) is 9.78. The van der Waals surface area contributed by atoms with Gasteiger partial charge in [-0.15, -0.1) is 0 Å². The van der Waals surface area contributed by atoms with Crippen molar-refractivity contribution in [3.8, 4) is 0 Å². The Labute approximate surface area is 162 Å². The number of aromatic nitrogens is 2. The van der Waals surface area contributed by atoms with E-state index in [4.69, 9.17) is 0 Å². The molecule has 2 aromatic heterocycles. The monoisotopic (exact) mass is 359 g/mol. The quantitative estimate of drug-likeness (QED) is 0.616. The molecule has 1 aromatic carbocycles. The average Bonchev–Trinajstić information content (AvgIpc) is 2.94. The molecule has 0 radical (unpaired) electrons. The Balaban J connectivity index is 1.93. The molecule has 0 aliphatic carbocycles. The number of benzene rings is 1. The van der Waals surface area contributed by atoms with Crippen molar-refractivity contribution in [2.75, 3.05) is 13.6 Å². The molecule has 3 heteroatoms. The molecule has 0 saturated carbocycles. The Morgan fingerprint density at radius 3 is 2.56 bits per heavy atom. The topological polar surface area (TPSA) is 21.1 Å². The van der Waals surface area contributed by atoms with Crippen LogP contribution in [0.15, 0.2) is 42.7 Å². The predicted octanol–water partition coefficient (Wildman–Crippen LogP) is 5.34. The van der Waals surface area contributed by atoms with Gasteiger partial charge in [-0.2, -0.15) is 0 Å². The van der Waals surface area contributed by atoms with Crippen molar-refractivity contribution in [1.82, 2.24) is 14.5 Å². The molecule has 140 valence electrons. The maximum absolute atomic E-state index is 4.15. The summed E-state index contributed by atoms with van der Waals surface area (Å²) in [5, 5.41) is 1.41. The minimum Gasteiger partial charge on any atom is -0.320 e. The summed E-state index contributed by atoms with van der Waals surface area (Å²) in [7, 11) is 2.22. The molecule has 0 saturated heterocycles. The third-order valence-electron chi connectivity index (χ3n) is 5.70. The Morgan fingerprint density at radius 2 is 1.85 bits per heavy atom. The number of allylic oxidation sites excluding steroid dienone is 1. The van der Waals surface area contributed by atoms with E-state index in [0.29, 0.717) is 0 Å². The minimum atomic E-state index is 0.159. The summed E-state index contributed by atoms with van der Waals surface area (Å²) < 4.78 is 2.43. The number of nitrogens with zero attached hydrogens (tertiary/aromatic N) is 3. The smallest absolute Gasteiger partial charge is 0.0529 e. The van der Waals surface area contributed by atoms with Crippen molar-refractivity contribution in [1.29, 1.82) is 0 Å². The Morgan fingerprint density at radius 1 is 1.11 bits per heavy atom. The second kappa shape index (κ2) is 6.65. The SMILES string of the molecule is C/C(=C\n1c2c(c3cc(C(C)(C)C)ccc31)CN(C)CC2)c1ccncc1. The van der Waals surface area contributed by atoms with E-state index in [9.17, 15) is 0 Å². The lowest BCUT2D eigenvalue weighted by molar-refractivity contribution is 0.312. The van der Waals surface area contributed by atoms with E-state index in [-0.39, 0.29) is 5.41 Å². The van der Waals surface area contributed by atoms with Gasteiger partial charge in [-0.3, -0.25) is 4.98 Å². The van der Waals surface area contributed by atoms with E-state index < -0.39 is 0 Å². The average molecular weight is 360 g/mol. The molecule has 0 unspecified atom stereocenters. The Bertz CT molecular complexity index is 1000. The van der Waals surface area contributed by atoms with E-state index >= 15 is 0 Å². The lowest BCUT2D eigenvalue weighted by atomic mass is 9.86. The number of fused-ring (bicyclic) bond motifs is 3. The number of hydrogen-bond acceptors (Lipinski definition) is 2. The van der Waals surface area contributed by atoms with E-state index in [0.717, 1.165) is 19.5 Å². The summed E-state index contributed by atoms with van der Waals surface area (Å²) in [4.78, 5) is 6.57. The molecule has 4 rings (SSSR count). The lowest BCUT2D eigenvalue weighted by Gasteiger charge is -2.24. The molecular weight excluding hydrogens is 330 g/mol. The van der Waals surface area contributed by atoms with Gasteiger partial charge in [0.15, 0.2) is 0 Å². The van der Waals surface area contributed by atoms with Gasteiger partial charge in [-0.05, 0) is 65.9 Å². The van der Waals surface area contributed by atoms with Gasteiger partial charge >= 0.3 is 0 Å². The van der Waals surface area contributed by atoms with E-state index in [1.54, 1.807) is 0 Å². The van der Waals surface area contributed by atoms with E-state index in [1.807, 2.05) is 12.4 Å². The number of hydrogen-bond donors (Lipinski definition) is 0. The molecule has 0 amide bonds. The summed E-state index contributed by atoms with van der Waals surface area (Å²) in [6.07, 6.45) is 7.12. The van der Waals surface area contributed by atoms with Crippen molar-refractivity contribution in [3.63, 3.8) is 0 Å². The van der Waals surface area contributed by atoms with Gasteiger partial charge in [0.2, 0.25) is 0 Å². The molecule has 1 aliphatic rings. The molecule has 0 fully saturated rings. The van der Waals surface area contributed by atoms with Crippen LogP contribution in [0.3, 0.4) is 0 Å². The summed E-state index contributed by atoms with van der Waals surface area (Å²) in [5.41, 5.74) is 8.31. The van der Waals surface area contributed by atoms with E-state index in [1.165, 1.54) is 38.9 Å². The molecule has 3 heterocycles. The zero-order valence-electron chi connectivity index (χ0n) is 17.1. The van der Waals surface area contributed by atoms with Crippen molar-refractivity contribution < 1.29 is 0 Å². The van der Waals surface area contributed by atoms with Crippen molar-refractivity contribution in [2.24, 2.45) is 0 Å². The van der Waals surface area contributed by atoms with Gasteiger partial charge in [0.1, 0.15) is 0 Å². The van der Waals surface area contributed by atoms with Crippen LogP contribution in [0, 0.1) is 0 Å². The Kier molecular flexibility index (Phi) is 4.43. The Hall–Kier alpha value is -2.39. The predicted molar refractivity (Wildman–Crippen MR) is 115 cm³/mol. The molecule has 0 spiro atoms.